The van der Waals surface area contributed by atoms with E-state index in [2.05, 4.69) is 24.5 Å². The Balaban J connectivity index is 1.29. The fourth-order valence-electron chi connectivity index (χ4n) is 3.54. The highest BCUT2D eigenvalue weighted by Gasteiger charge is 2.15. The number of hydrazone groups is 1. The molecular formula is C22H19N5O3S. The van der Waals surface area contributed by atoms with Gasteiger partial charge in [-0.1, -0.05) is 18.2 Å². The van der Waals surface area contributed by atoms with Gasteiger partial charge < -0.3 is 14.0 Å². The Hall–Kier alpha value is -3.56. The van der Waals surface area contributed by atoms with Crippen molar-refractivity contribution in [1.82, 2.24) is 19.4 Å². The second-order valence-electron chi connectivity index (χ2n) is 6.96. The molecule has 1 aliphatic rings. The first kappa shape index (κ1) is 19.4. The maximum absolute atomic E-state index is 12.5. The van der Waals surface area contributed by atoms with Crippen LogP contribution in [0.5, 0.6) is 5.75 Å². The summed E-state index contributed by atoms with van der Waals surface area (Å²) in [4.78, 5) is 17.6. The first-order chi connectivity index (χ1) is 15.2. The Labute approximate surface area is 182 Å². The summed E-state index contributed by atoms with van der Waals surface area (Å²) < 4.78 is 17.4. The molecule has 2 aromatic heterocycles. The van der Waals surface area contributed by atoms with Crippen molar-refractivity contribution in [3.05, 3.63) is 64.8 Å². The van der Waals surface area contributed by atoms with E-state index in [1.54, 1.807) is 19.4 Å². The minimum Gasteiger partial charge on any atom is -0.496 e. The van der Waals surface area contributed by atoms with E-state index < -0.39 is 0 Å². The van der Waals surface area contributed by atoms with E-state index in [9.17, 15) is 4.79 Å². The molecule has 8 nitrogen and oxygen atoms in total. The van der Waals surface area contributed by atoms with Crippen LogP contribution in [-0.4, -0.2) is 39.8 Å². The van der Waals surface area contributed by atoms with Crippen molar-refractivity contribution in [2.45, 2.75) is 13.2 Å². The summed E-state index contributed by atoms with van der Waals surface area (Å²) >= 11 is 1.12. The number of imidazole rings is 1. The van der Waals surface area contributed by atoms with Crippen LogP contribution in [0, 0.1) is 0 Å². The second kappa shape index (κ2) is 8.29. The van der Waals surface area contributed by atoms with E-state index in [1.165, 1.54) is 0 Å². The van der Waals surface area contributed by atoms with Crippen molar-refractivity contribution in [2.75, 3.05) is 13.7 Å². The number of hydrogen-bond acceptors (Lipinski definition) is 7. The largest absolute Gasteiger partial charge is 0.496 e. The third kappa shape index (κ3) is 3.80. The van der Waals surface area contributed by atoms with Gasteiger partial charge in [-0.15, -0.1) is 0 Å². The fraction of sp³-hybridized carbons (Fsp3) is 0.182. The predicted molar refractivity (Wildman–Crippen MR) is 119 cm³/mol. The van der Waals surface area contributed by atoms with Gasteiger partial charge in [-0.25, -0.2) is 10.4 Å². The third-order valence-electron chi connectivity index (χ3n) is 5.04. The molecule has 0 saturated heterocycles. The number of nitrogens with one attached hydrogen (secondary N) is 1. The lowest BCUT2D eigenvalue weighted by Gasteiger charge is -2.14. The Morgan fingerprint density at radius 3 is 3.10 bits per heavy atom. The average Bonchev–Trinajstić information content (AvgIpc) is 3.44. The highest BCUT2D eigenvalue weighted by Crippen LogP contribution is 2.30. The van der Waals surface area contributed by atoms with Gasteiger partial charge in [0.25, 0.3) is 5.91 Å². The first-order valence-electron chi connectivity index (χ1n) is 9.73. The molecule has 0 atom stereocenters. The minimum absolute atomic E-state index is 0.314. The molecular weight excluding hydrogens is 414 g/mol. The lowest BCUT2D eigenvalue weighted by Crippen LogP contribution is -2.16. The number of para-hydroxylation sites is 1. The summed E-state index contributed by atoms with van der Waals surface area (Å²) in [6.45, 7) is 2.03. The molecule has 4 aromatic rings. The standard InChI is InChI=1S/C22H19N5O3S/c1-29-19-5-3-2-4-15(19)16-11-20(31-26-16)22(28)25-23-12-14-6-7-18-17(10-14)24-21-13-30-9-8-27(18)21/h2-7,10-12H,8-9,13H2,1H3,(H,25,28). The number of hydrogen-bond donors (Lipinski definition) is 1. The summed E-state index contributed by atoms with van der Waals surface area (Å²) in [6, 6.07) is 15.2. The number of amides is 1. The number of benzene rings is 2. The van der Waals surface area contributed by atoms with Crippen molar-refractivity contribution < 1.29 is 14.3 Å². The molecule has 0 aliphatic carbocycles. The normalized spacial score (nSPS) is 13.5. The quantitative estimate of drug-likeness (QED) is 0.385. The van der Waals surface area contributed by atoms with Gasteiger partial charge in [-0.05, 0) is 47.4 Å². The maximum atomic E-state index is 12.5. The molecule has 2 aromatic carbocycles. The monoisotopic (exact) mass is 433 g/mol. The molecule has 156 valence electrons. The van der Waals surface area contributed by atoms with Gasteiger partial charge >= 0.3 is 0 Å². The Bertz CT molecular complexity index is 1290. The number of fused-ring (bicyclic) bond motifs is 3. The molecule has 1 amide bonds. The summed E-state index contributed by atoms with van der Waals surface area (Å²) in [5.41, 5.74) is 6.91. The van der Waals surface area contributed by atoms with Crippen molar-refractivity contribution >= 4 is 34.7 Å². The molecule has 3 heterocycles. The predicted octanol–water partition coefficient (Wildman–Crippen LogP) is 3.46. The van der Waals surface area contributed by atoms with E-state index in [0.29, 0.717) is 29.5 Å². The lowest BCUT2D eigenvalue weighted by atomic mass is 10.1. The number of rotatable bonds is 5. The van der Waals surface area contributed by atoms with E-state index >= 15 is 0 Å². The molecule has 0 fully saturated rings. The van der Waals surface area contributed by atoms with Crippen LogP contribution >= 0.6 is 11.5 Å². The van der Waals surface area contributed by atoms with Crippen LogP contribution in [0.3, 0.4) is 0 Å². The number of carbonyl (C=O) groups is 1. The van der Waals surface area contributed by atoms with E-state index in [0.717, 1.165) is 46.1 Å². The van der Waals surface area contributed by atoms with Gasteiger partial charge in [-0.3, -0.25) is 4.79 Å². The molecule has 0 saturated carbocycles. The van der Waals surface area contributed by atoms with E-state index in [1.807, 2.05) is 42.5 Å². The van der Waals surface area contributed by atoms with Crippen LogP contribution in [-0.2, 0) is 17.9 Å². The molecule has 0 radical (unpaired) electrons. The molecule has 9 heteroatoms. The highest BCUT2D eigenvalue weighted by molar-refractivity contribution is 7.08. The number of ether oxygens (including phenoxy) is 2. The molecule has 0 spiro atoms. The van der Waals surface area contributed by atoms with Crippen molar-refractivity contribution in [3.8, 4) is 17.0 Å². The second-order valence-corrected chi connectivity index (χ2v) is 7.76. The molecule has 1 aliphatic heterocycles. The van der Waals surface area contributed by atoms with E-state index in [4.69, 9.17) is 9.47 Å². The zero-order valence-electron chi connectivity index (χ0n) is 16.7. The Morgan fingerprint density at radius 2 is 2.19 bits per heavy atom. The van der Waals surface area contributed by atoms with E-state index in [-0.39, 0.29) is 5.91 Å². The van der Waals surface area contributed by atoms with Gasteiger partial charge in [0.15, 0.2) is 0 Å². The molecule has 1 N–H and O–H groups in total. The summed E-state index contributed by atoms with van der Waals surface area (Å²) in [5, 5.41) is 4.09. The maximum Gasteiger partial charge on any atom is 0.283 e. The van der Waals surface area contributed by atoms with Gasteiger partial charge in [0.2, 0.25) is 0 Å². The van der Waals surface area contributed by atoms with Crippen molar-refractivity contribution in [2.24, 2.45) is 5.10 Å². The van der Waals surface area contributed by atoms with Gasteiger partial charge in [0, 0.05) is 12.1 Å². The number of carbonyl (C=O) groups excluding carboxylic acids is 1. The van der Waals surface area contributed by atoms with Gasteiger partial charge in [-0.2, -0.15) is 9.47 Å². The molecule has 0 bridgehead atoms. The Morgan fingerprint density at radius 1 is 1.29 bits per heavy atom. The highest BCUT2D eigenvalue weighted by atomic mass is 32.1. The fourth-order valence-corrected chi connectivity index (χ4v) is 4.18. The zero-order valence-corrected chi connectivity index (χ0v) is 17.6. The average molecular weight is 433 g/mol. The third-order valence-corrected chi connectivity index (χ3v) is 5.83. The molecule has 5 rings (SSSR count). The number of methoxy groups -OCH3 is 1. The van der Waals surface area contributed by atoms with Crippen LogP contribution in [0.1, 0.15) is 21.1 Å². The molecule has 0 unspecified atom stereocenters. The summed E-state index contributed by atoms with van der Waals surface area (Å²) in [6.07, 6.45) is 1.61. The minimum atomic E-state index is -0.314. The van der Waals surface area contributed by atoms with Crippen molar-refractivity contribution in [1.29, 1.82) is 0 Å². The first-order valence-corrected chi connectivity index (χ1v) is 10.5. The summed E-state index contributed by atoms with van der Waals surface area (Å²) in [7, 11) is 1.61. The van der Waals surface area contributed by atoms with Crippen molar-refractivity contribution in [3.63, 3.8) is 0 Å². The number of nitrogens with zero attached hydrogens (tertiary/aromatic N) is 4. The zero-order chi connectivity index (χ0) is 21.2. The summed E-state index contributed by atoms with van der Waals surface area (Å²) in [5.74, 6) is 1.32. The van der Waals surface area contributed by atoms with Gasteiger partial charge in [0.05, 0.1) is 36.7 Å². The smallest absolute Gasteiger partial charge is 0.283 e. The van der Waals surface area contributed by atoms with Crippen LogP contribution < -0.4 is 10.2 Å². The van der Waals surface area contributed by atoms with Gasteiger partial charge in [0.1, 0.15) is 23.1 Å². The lowest BCUT2D eigenvalue weighted by molar-refractivity contribution is 0.0830. The molecule has 31 heavy (non-hydrogen) atoms. The van der Waals surface area contributed by atoms with Crippen LogP contribution in [0.25, 0.3) is 22.3 Å². The van der Waals surface area contributed by atoms with Crippen LogP contribution in [0.2, 0.25) is 0 Å². The topological polar surface area (TPSA) is 90.6 Å². The SMILES string of the molecule is COc1ccccc1-c1cc(C(=O)NN=Cc2ccc3c(c2)nc2n3CCOC2)sn1. The Kier molecular flexibility index (Phi) is 5.19. The van der Waals surface area contributed by atoms with Crippen LogP contribution in [0.15, 0.2) is 53.6 Å². The number of aromatic nitrogens is 3. The van der Waals surface area contributed by atoms with Crippen LogP contribution in [0.4, 0.5) is 0 Å².